The van der Waals surface area contributed by atoms with Crippen molar-refractivity contribution in [3.05, 3.63) is 213 Å². The molecular formula is C52H35N4+. The largest absolute Gasteiger partial charge is 0.309 e. The first kappa shape index (κ1) is 31.9. The molecule has 0 aliphatic rings. The van der Waals surface area contributed by atoms with Gasteiger partial charge in [-0.2, -0.15) is 4.57 Å². The quantitative estimate of drug-likeness (QED) is 0.157. The SMILES string of the molecule is c1ccc(-c2cccc(-[n+]3cc(-c4ccccc4)nc(-c4cc(-n5c6ccccc6c6ccccc65)cc(-n5c6ccccc6c6ccccc65)c4)c3)c2)cc1. The van der Waals surface area contributed by atoms with Crippen molar-refractivity contribution in [2.45, 2.75) is 0 Å². The highest BCUT2D eigenvalue weighted by Crippen LogP contribution is 2.37. The number of hydrogen-bond donors (Lipinski definition) is 0. The fourth-order valence-corrected chi connectivity index (χ4v) is 8.40. The van der Waals surface area contributed by atoms with Crippen LogP contribution in [0.5, 0.6) is 0 Å². The summed E-state index contributed by atoms with van der Waals surface area (Å²) < 4.78 is 7.04. The molecule has 11 aromatic rings. The number of rotatable bonds is 6. The fraction of sp³-hybridized carbons (Fsp3) is 0. The maximum atomic E-state index is 5.43. The third-order valence-corrected chi connectivity index (χ3v) is 11.0. The number of hydrogen-bond acceptors (Lipinski definition) is 1. The number of fused-ring (bicyclic) bond motifs is 6. The summed E-state index contributed by atoms with van der Waals surface area (Å²) in [6.07, 6.45) is 4.32. The van der Waals surface area contributed by atoms with E-state index in [0.29, 0.717) is 0 Å². The molecule has 262 valence electrons. The average Bonchev–Trinajstić information content (AvgIpc) is 3.80. The van der Waals surface area contributed by atoms with Crippen LogP contribution in [-0.4, -0.2) is 14.1 Å². The van der Waals surface area contributed by atoms with Crippen molar-refractivity contribution < 1.29 is 4.57 Å². The predicted octanol–water partition coefficient (Wildman–Crippen LogP) is 12.6. The maximum absolute atomic E-state index is 5.43. The van der Waals surface area contributed by atoms with Gasteiger partial charge in [0.15, 0.2) is 0 Å². The van der Waals surface area contributed by atoms with E-state index in [1.54, 1.807) is 0 Å². The molecule has 0 saturated heterocycles. The van der Waals surface area contributed by atoms with Crippen LogP contribution in [0.1, 0.15) is 0 Å². The first-order valence-electron chi connectivity index (χ1n) is 19.0. The molecule has 0 amide bonds. The summed E-state index contributed by atoms with van der Waals surface area (Å²) in [5, 5.41) is 4.92. The Hall–Kier alpha value is -7.56. The van der Waals surface area contributed by atoms with E-state index in [1.165, 1.54) is 27.1 Å². The van der Waals surface area contributed by atoms with E-state index in [1.807, 2.05) is 0 Å². The lowest BCUT2D eigenvalue weighted by Gasteiger charge is -2.15. The van der Waals surface area contributed by atoms with E-state index in [-0.39, 0.29) is 0 Å². The standard InChI is InChI=1S/C52H35N4/c1-3-16-36(17-4-1)38-20-15-21-40(30-38)54-34-47(37-18-5-2-6-19-37)53-48(35-54)39-31-41(55-49-26-11-7-22-43(49)44-23-8-12-27-50(44)55)33-42(32-39)56-51-28-13-9-24-45(51)46-25-10-14-29-52(46)56/h1-35H/q+1. The molecule has 0 aliphatic carbocycles. The van der Waals surface area contributed by atoms with E-state index in [2.05, 4.69) is 226 Å². The first-order valence-corrected chi connectivity index (χ1v) is 19.0. The third-order valence-electron chi connectivity index (χ3n) is 11.0. The Morgan fingerprint density at radius 1 is 0.321 bits per heavy atom. The van der Waals surface area contributed by atoms with Crippen molar-refractivity contribution in [2.24, 2.45) is 0 Å². The van der Waals surface area contributed by atoms with Crippen molar-refractivity contribution >= 4 is 43.6 Å². The van der Waals surface area contributed by atoms with Gasteiger partial charge in [-0.1, -0.05) is 146 Å². The first-order chi connectivity index (χ1) is 27.8. The summed E-state index contributed by atoms with van der Waals surface area (Å²) in [7, 11) is 0. The molecule has 0 N–H and O–H groups in total. The highest BCUT2D eigenvalue weighted by Gasteiger charge is 2.21. The molecule has 0 saturated carbocycles. The van der Waals surface area contributed by atoms with Gasteiger partial charge in [0.25, 0.3) is 0 Å². The van der Waals surface area contributed by atoms with E-state index in [4.69, 9.17) is 4.98 Å². The summed E-state index contributed by atoms with van der Waals surface area (Å²) in [5.41, 5.74) is 14.1. The van der Waals surface area contributed by atoms with Gasteiger partial charge in [0.1, 0.15) is 11.4 Å². The molecule has 8 aromatic carbocycles. The molecule has 56 heavy (non-hydrogen) atoms. The van der Waals surface area contributed by atoms with Crippen LogP contribution in [-0.2, 0) is 0 Å². The Labute approximate surface area is 324 Å². The second kappa shape index (κ2) is 13.1. The molecule has 0 unspecified atom stereocenters. The van der Waals surface area contributed by atoms with Crippen LogP contribution in [0.3, 0.4) is 0 Å². The Kier molecular flexibility index (Phi) is 7.46. The van der Waals surface area contributed by atoms with E-state index in [9.17, 15) is 0 Å². The number of aromatic nitrogens is 4. The highest BCUT2D eigenvalue weighted by atomic mass is 15.0. The van der Waals surface area contributed by atoms with Crippen molar-refractivity contribution in [1.29, 1.82) is 0 Å². The Balaban J connectivity index is 1.21. The monoisotopic (exact) mass is 715 g/mol. The fourth-order valence-electron chi connectivity index (χ4n) is 8.40. The minimum atomic E-state index is 0.876. The van der Waals surface area contributed by atoms with Gasteiger partial charge in [-0.15, -0.1) is 0 Å². The lowest BCUT2D eigenvalue weighted by Crippen LogP contribution is -2.31. The zero-order chi connectivity index (χ0) is 37.0. The maximum Gasteiger partial charge on any atom is 0.211 e. The zero-order valence-corrected chi connectivity index (χ0v) is 30.5. The van der Waals surface area contributed by atoms with E-state index < -0.39 is 0 Å². The lowest BCUT2D eigenvalue weighted by atomic mass is 10.0. The van der Waals surface area contributed by atoms with Gasteiger partial charge in [-0.05, 0) is 53.6 Å². The number of benzene rings is 8. The van der Waals surface area contributed by atoms with Crippen LogP contribution in [0.25, 0.3) is 94.3 Å². The van der Waals surface area contributed by atoms with Crippen LogP contribution in [0.2, 0.25) is 0 Å². The third kappa shape index (κ3) is 5.31. The van der Waals surface area contributed by atoms with Crippen molar-refractivity contribution in [3.8, 4) is 50.7 Å². The van der Waals surface area contributed by atoms with Crippen molar-refractivity contribution in [3.63, 3.8) is 0 Å². The van der Waals surface area contributed by atoms with Crippen molar-refractivity contribution in [2.75, 3.05) is 0 Å². The van der Waals surface area contributed by atoms with Crippen LogP contribution in [0.15, 0.2) is 213 Å². The molecule has 4 heteroatoms. The van der Waals surface area contributed by atoms with Gasteiger partial charge in [0.2, 0.25) is 18.1 Å². The zero-order valence-electron chi connectivity index (χ0n) is 30.5. The molecule has 0 radical (unpaired) electrons. The molecule has 0 aliphatic heterocycles. The highest BCUT2D eigenvalue weighted by molar-refractivity contribution is 6.10. The summed E-state index contributed by atoms with van der Waals surface area (Å²) in [5.74, 6) is 0. The van der Waals surface area contributed by atoms with E-state index >= 15 is 0 Å². The van der Waals surface area contributed by atoms with Crippen LogP contribution in [0.4, 0.5) is 0 Å². The van der Waals surface area contributed by atoms with Crippen LogP contribution >= 0.6 is 0 Å². The number of nitrogens with zero attached hydrogens (tertiary/aromatic N) is 4. The Bertz CT molecular complexity index is 3010. The molecule has 0 bridgehead atoms. The smallest absolute Gasteiger partial charge is 0.211 e. The topological polar surface area (TPSA) is 26.6 Å². The van der Waals surface area contributed by atoms with Gasteiger partial charge in [-0.3, -0.25) is 0 Å². The molecule has 0 atom stereocenters. The molecule has 3 heterocycles. The minimum absolute atomic E-state index is 0.876. The molecule has 11 rings (SSSR count). The average molecular weight is 716 g/mol. The normalized spacial score (nSPS) is 11.6. The lowest BCUT2D eigenvalue weighted by molar-refractivity contribution is -0.595. The molecule has 0 spiro atoms. The van der Waals surface area contributed by atoms with Gasteiger partial charge in [-0.25, -0.2) is 4.98 Å². The van der Waals surface area contributed by atoms with Gasteiger partial charge >= 0.3 is 0 Å². The minimum Gasteiger partial charge on any atom is -0.309 e. The molecule has 4 nitrogen and oxygen atoms in total. The molecule has 3 aromatic heterocycles. The second-order valence-corrected chi connectivity index (χ2v) is 14.3. The predicted molar refractivity (Wildman–Crippen MR) is 231 cm³/mol. The Morgan fingerprint density at radius 2 is 0.732 bits per heavy atom. The van der Waals surface area contributed by atoms with Crippen LogP contribution < -0.4 is 4.57 Å². The Morgan fingerprint density at radius 3 is 1.23 bits per heavy atom. The van der Waals surface area contributed by atoms with E-state index in [0.717, 1.165) is 67.2 Å². The molecular weight excluding hydrogens is 681 g/mol. The van der Waals surface area contributed by atoms with Crippen molar-refractivity contribution in [1.82, 2.24) is 14.1 Å². The summed E-state index contributed by atoms with van der Waals surface area (Å²) >= 11 is 0. The summed E-state index contributed by atoms with van der Waals surface area (Å²) in [4.78, 5) is 5.43. The second-order valence-electron chi connectivity index (χ2n) is 14.3. The summed E-state index contributed by atoms with van der Waals surface area (Å²) in [6.45, 7) is 0. The van der Waals surface area contributed by atoms with Crippen LogP contribution in [0, 0.1) is 0 Å². The van der Waals surface area contributed by atoms with Gasteiger partial charge < -0.3 is 9.13 Å². The molecule has 0 fully saturated rings. The number of para-hydroxylation sites is 4. The van der Waals surface area contributed by atoms with Gasteiger partial charge in [0, 0.05) is 56.2 Å². The van der Waals surface area contributed by atoms with Gasteiger partial charge in [0.05, 0.1) is 22.1 Å². The summed E-state index contributed by atoms with van der Waals surface area (Å²) in [6, 6.07) is 71.6.